The molecule has 188 valence electrons. The summed E-state index contributed by atoms with van der Waals surface area (Å²) in [4.78, 5) is 30.4. The Kier molecular flexibility index (Phi) is 6.45. The van der Waals surface area contributed by atoms with Crippen molar-refractivity contribution in [2.75, 3.05) is 23.3 Å². The molecule has 1 saturated heterocycles. The number of amides is 1. The first-order valence-electron chi connectivity index (χ1n) is 11.7. The molecule has 0 saturated carbocycles. The minimum atomic E-state index is -0.580. The molecule has 0 unspecified atom stereocenters. The maximum absolute atomic E-state index is 12.8. The number of nitro benzene ring substituents is 1. The number of rotatable bonds is 5. The van der Waals surface area contributed by atoms with E-state index in [4.69, 9.17) is 16.6 Å². The van der Waals surface area contributed by atoms with E-state index in [1.54, 1.807) is 43.3 Å². The molecule has 3 aromatic carbocycles. The molecule has 1 fully saturated rings. The summed E-state index contributed by atoms with van der Waals surface area (Å²) >= 11 is 5.31. The van der Waals surface area contributed by atoms with Crippen LogP contribution in [-0.4, -0.2) is 39.1 Å². The normalized spacial score (nSPS) is 13.1. The molecule has 1 aromatic heterocycles. The van der Waals surface area contributed by atoms with Crippen LogP contribution in [-0.2, 0) is 0 Å². The Balaban J connectivity index is 1.34. The van der Waals surface area contributed by atoms with E-state index in [0.717, 1.165) is 25.9 Å². The Hall–Kier alpha value is -4.51. The van der Waals surface area contributed by atoms with Gasteiger partial charge in [-0.3, -0.25) is 20.2 Å². The van der Waals surface area contributed by atoms with Crippen molar-refractivity contribution in [3.8, 4) is 17.2 Å². The number of benzene rings is 3. The first kappa shape index (κ1) is 24.2. The number of fused-ring (bicyclic) bond motifs is 1. The SMILES string of the molecule is Cc1cc(NC(=S)NC(=O)c2ccc(N3CCCC3)c([N+](=O)[O-])c2)cc(-c2nc3ccccc3o2)c1O. The zero-order valence-electron chi connectivity index (χ0n) is 19.9. The van der Waals surface area contributed by atoms with E-state index in [9.17, 15) is 20.0 Å². The number of phenols is 1. The van der Waals surface area contributed by atoms with Gasteiger partial charge in [0, 0.05) is 30.4 Å². The minimum Gasteiger partial charge on any atom is -0.507 e. The number of thiocarbonyl (C=S) groups is 1. The molecular weight excluding hydrogens is 494 g/mol. The van der Waals surface area contributed by atoms with Crippen molar-refractivity contribution >= 4 is 51.4 Å². The number of carbonyl (C=O) groups excluding carboxylic acids is 1. The second-order valence-electron chi connectivity index (χ2n) is 8.74. The number of aryl methyl sites for hydroxylation is 1. The number of aromatic nitrogens is 1. The lowest BCUT2D eigenvalue weighted by Crippen LogP contribution is -2.34. The summed E-state index contributed by atoms with van der Waals surface area (Å²) in [7, 11) is 0. The van der Waals surface area contributed by atoms with E-state index >= 15 is 0 Å². The molecule has 1 amide bonds. The molecule has 0 atom stereocenters. The Morgan fingerprint density at radius 3 is 2.65 bits per heavy atom. The smallest absolute Gasteiger partial charge is 0.293 e. The first-order valence-corrected chi connectivity index (χ1v) is 12.1. The fraction of sp³-hybridized carbons (Fsp3) is 0.192. The number of nitrogens with one attached hydrogen (secondary N) is 2. The number of aromatic hydroxyl groups is 1. The molecule has 5 rings (SSSR count). The number of nitrogens with zero attached hydrogens (tertiary/aromatic N) is 3. The van der Waals surface area contributed by atoms with E-state index in [-0.39, 0.29) is 28.0 Å². The van der Waals surface area contributed by atoms with Crippen LogP contribution in [0, 0.1) is 17.0 Å². The highest BCUT2D eigenvalue weighted by molar-refractivity contribution is 7.80. The molecule has 1 aliphatic rings. The van der Waals surface area contributed by atoms with Gasteiger partial charge in [-0.05, 0) is 73.9 Å². The van der Waals surface area contributed by atoms with E-state index in [1.807, 2.05) is 17.0 Å². The molecule has 10 nitrogen and oxygen atoms in total. The summed E-state index contributed by atoms with van der Waals surface area (Å²) in [5, 5.41) is 27.7. The molecule has 4 aromatic rings. The van der Waals surface area contributed by atoms with Gasteiger partial charge in [0.2, 0.25) is 5.89 Å². The maximum atomic E-state index is 12.8. The van der Waals surface area contributed by atoms with Gasteiger partial charge < -0.3 is 19.7 Å². The van der Waals surface area contributed by atoms with Gasteiger partial charge in [0.05, 0.1) is 10.5 Å². The van der Waals surface area contributed by atoms with Crippen molar-refractivity contribution in [2.45, 2.75) is 19.8 Å². The number of anilines is 2. The molecule has 1 aliphatic heterocycles. The maximum Gasteiger partial charge on any atom is 0.293 e. The lowest BCUT2D eigenvalue weighted by atomic mass is 10.1. The predicted octanol–water partition coefficient (Wildman–Crippen LogP) is 5.14. The summed E-state index contributed by atoms with van der Waals surface area (Å²) in [6, 6.07) is 15.0. The van der Waals surface area contributed by atoms with Crippen LogP contribution in [0.2, 0.25) is 0 Å². The molecule has 0 aliphatic carbocycles. The number of para-hydroxylation sites is 2. The number of hydrogen-bond donors (Lipinski definition) is 3. The monoisotopic (exact) mass is 517 g/mol. The van der Waals surface area contributed by atoms with Crippen LogP contribution >= 0.6 is 12.2 Å². The first-order chi connectivity index (χ1) is 17.8. The third-order valence-corrected chi connectivity index (χ3v) is 6.39. The Bertz CT molecular complexity index is 1510. The number of nitro groups is 1. The van der Waals surface area contributed by atoms with Crippen LogP contribution in [0.4, 0.5) is 17.1 Å². The summed E-state index contributed by atoms with van der Waals surface area (Å²) in [6.45, 7) is 3.21. The fourth-order valence-electron chi connectivity index (χ4n) is 4.38. The molecule has 0 radical (unpaired) electrons. The van der Waals surface area contributed by atoms with Crippen molar-refractivity contribution in [3.63, 3.8) is 0 Å². The van der Waals surface area contributed by atoms with Crippen LogP contribution in [0.1, 0.15) is 28.8 Å². The van der Waals surface area contributed by atoms with Crippen molar-refractivity contribution < 1.29 is 19.2 Å². The molecule has 0 bridgehead atoms. The number of phenolic OH excluding ortho intramolecular Hbond substituents is 1. The van der Waals surface area contributed by atoms with Crippen molar-refractivity contribution in [1.29, 1.82) is 0 Å². The minimum absolute atomic E-state index is 0.00937. The highest BCUT2D eigenvalue weighted by Crippen LogP contribution is 2.36. The van der Waals surface area contributed by atoms with E-state index < -0.39 is 10.8 Å². The van der Waals surface area contributed by atoms with Gasteiger partial charge in [0.15, 0.2) is 10.7 Å². The zero-order valence-corrected chi connectivity index (χ0v) is 20.7. The van der Waals surface area contributed by atoms with E-state index in [0.29, 0.717) is 33.6 Å². The second-order valence-corrected chi connectivity index (χ2v) is 9.15. The van der Waals surface area contributed by atoms with Gasteiger partial charge in [-0.15, -0.1) is 0 Å². The van der Waals surface area contributed by atoms with E-state index in [2.05, 4.69) is 15.6 Å². The van der Waals surface area contributed by atoms with Crippen LogP contribution in [0.3, 0.4) is 0 Å². The standard InChI is InChI=1S/C26H23N5O5S/c1-15-12-17(14-18(23(15)32)25-28-19-6-2-3-7-22(19)36-25)27-26(37)29-24(33)16-8-9-20(21(13-16)31(34)35)30-10-4-5-11-30/h2-3,6-9,12-14,32H,4-5,10-11H2,1H3,(H2,27,29,33,37). The molecule has 0 spiro atoms. The van der Waals surface area contributed by atoms with Gasteiger partial charge in [-0.25, -0.2) is 4.98 Å². The summed E-state index contributed by atoms with van der Waals surface area (Å²) in [6.07, 6.45) is 1.95. The summed E-state index contributed by atoms with van der Waals surface area (Å²) < 4.78 is 5.79. The van der Waals surface area contributed by atoms with Crippen molar-refractivity contribution in [3.05, 3.63) is 75.8 Å². The largest absolute Gasteiger partial charge is 0.507 e. The number of carbonyl (C=O) groups is 1. The molecular formula is C26H23N5O5S. The fourth-order valence-corrected chi connectivity index (χ4v) is 4.59. The predicted molar refractivity (Wildman–Crippen MR) is 144 cm³/mol. The topological polar surface area (TPSA) is 134 Å². The van der Waals surface area contributed by atoms with Crippen molar-refractivity contribution in [1.82, 2.24) is 10.3 Å². The third-order valence-electron chi connectivity index (χ3n) is 6.19. The van der Waals surface area contributed by atoms with Crippen LogP contribution in [0.15, 0.2) is 59.0 Å². The zero-order chi connectivity index (χ0) is 26.1. The second kappa shape index (κ2) is 9.86. The Morgan fingerprint density at radius 1 is 1.16 bits per heavy atom. The van der Waals surface area contributed by atoms with Gasteiger partial charge in [-0.1, -0.05) is 12.1 Å². The summed E-state index contributed by atoms with van der Waals surface area (Å²) in [5.74, 6) is -0.327. The van der Waals surface area contributed by atoms with Gasteiger partial charge >= 0.3 is 0 Å². The number of hydrogen-bond acceptors (Lipinski definition) is 8. The van der Waals surface area contributed by atoms with Gasteiger partial charge in [0.25, 0.3) is 11.6 Å². The average Bonchev–Trinajstić information content (AvgIpc) is 3.56. The third kappa shape index (κ3) is 4.94. The van der Waals surface area contributed by atoms with Gasteiger partial charge in [0.1, 0.15) is 17.0 Å². The summed E-state index contributed by atoms with van der Waals surface area (Å²) in [5.41, 5.74) is 3.14. The highest BCUT2D eigenvalue weighted by Gasteiger charge is 2.24. The lowest BCUT2D eigenvalue weighted by molar-refractivity contribution is -0.384. The Labute approximate surface area is 217 Å². The van der Waals surface area contributed by atoms with Gasteiger partial charge in [-0.2, -0.15) is 0 Å². The molecule has 3 N–H and O–H groups in total. The molecule has 11 heteroatoms. The molecule has 37 heavy (non-hydrogen) atoms. The van der Waals surface area contributed by atoms with Crippen molar-refractivity contribution in [2.24, 2.45) is 0 Å². The quantitative estimate of drug-likeness (QED) is 0.142. The highest BCUT2D eigenvalue weighted by atomic mass is 32.1. The molecule has 2 heterocycles. The Morgan fingerprint density at radius 2 is 1.92 bits per heavy atom. The van der Waals surface area contributed by atoms with Crippen LogP contribution in [0.25, 0.3) is 22.6 Å². The lowest BCUT2D eigenvalue weighted by Gasteiger charge is -2.18. The number of oxazole rings is 1. The average molecular weight is 518 g/mol. The van der Waals surface area contributed by atoms with Crippen LogP contribution < -0.4 is 15.5 Å². The van der Waals surface area contributed by atoms with Crippen LogP contribution in [0.5, 0.6) is 5.75 Å². The van der Waals surface area contributed by atoms with E-state index in [1.165, 1.54) is 6.07 Å².